The Bertz CT molecular complexity index is 1220. The third-order valence-electron chi connectivity index (χ3n) is 4.92. The zero-order valence-corrected chi connectivity index (χ0v) is 17.5. The summed E-state index contributed by atoms with van der Waals surface area (Å²) in [4.78, 5) is 36.6. The predicted molar refractivity (Wildman–Crippen MR) is 113 cm³/mol. The van der Waals surface area contributed by atoms with Gasteiger partial charge in [0.1, 0.15) is 0 Å². The first kappa shape index (κ1) is 21.4. The van der Waals surface area contributed by atoms with E-state index in [2.05, 4.69) is 20.8 Å². The molecule has 0 spiro atoms. The van der Waals surface area contributed by atoms with Gasteiger partial charge in [-0.1, -0.05) is 17.8 Å². The van der Waals surface area contributed by atoms with Crippen molar-refractivity contribution in [2.24, 2.45) is 5.92 Å². The first-order valence-electron chi connectivity index (χ1n) is 9.35. The Hall–Kier alpha value is -3.87. The van der Waals surface area contributed by atoms with Crippen molar-refractivity contribution in [1.82, 2.24) is 20.2 Å². The highest BCUT2D eigenvalue weighted by molar-refractivity contribution is 7.98. The molecule has 0 bridgehead atoms. The van der Waals surface area contributed by atoms with E-state index in [-0.39, 0.29) is 30.5 Å². The van der Waals surface area contributed by atoms with Gasteiger partial charge in [-0.25, -0.2) is 0 Å². The number of halogens is 1. The molecule has 1 fully saturated rings. The Labute approximate surface area is 184 Å². The molecule has 1 aromatic heterocycles. The minimum atomic E-state index is -0.994. The van der Waals surface area contributed by atoms with Gasteiger partial charge in [0.25, 0.3) is 0 Å². The van der Waals surface area contributed by atoms with Crippen LogP contribution in [0.15, 0.2) is 47.6 Å². The molecular weight excluding hydrogens is 441 g/mol. The Morgan fingerprint density at radius 2 is 2.09 bits per heavy atom. The molecule has 1 aliphatic rings. The van der Waals surface area contributed by atoms with Crippen molar-refractivity contribution in [3.63, 3.8) is 0 Å². The molecule has 32 heavy (non-hydrogen) atoms. The summed E-state index contributed by atoms with van der Waals surface area (Å²) < 4.78 is 15.1. The molecule has 1 atom stereocenters. The van der Waals surface area contributed by atoms with Crippen molar-refractivity contribution in [3.8, 4) is 5.69 Å². The highest BCUT2D eigenvalue weighted by atomic mass is 32.2. The molecule has 164 valence electrons. The van der Waals surface area contributed by atoms with Crippen LogP contribution >= 0.6 is 11.8 Å². The summed E-state index contributed by atoms with van der Waals surface area (Å²) in [6.45, 7) is 0.0246. The van der Waals surface area contributed by atoms with E-state index >= 15 is 0 Å². The zero-order valence-electron chi connectivity index (χ0n) is 16.6. The van der Waals surface area contributed by atoms with E-state index in [1.165, 1.54) is 27.4 Å². The third-order valence-corrected chi connectivity index (χ3v) is 5.54. The molecule has 1 saturated heterocycles. The first-order valence-corrected chi connectivity index (χ1v) is 10.6. The molecule has 2 amide bonds. The van der Waals surface area contributed by atoms with Crippen molar-refractivity contribution in [1.29, 1.82) is 0 Å². The highest BCUT2D eigenvalue weighted by Gasteiger charge is 2.36. The summed E-state index contributed by atoms with van der Waals surface area (Å²) in [6, 6.07) is 10.1. The second kappa shape index (κ2) is 8.70. The fourth-order valence-electron chi connectivity index (χ4n) is 3.37. The number of thioether (sulfide) groups is 1. The standard InChI is InChI=1S/C19H16FN7O4S/c1-32-19-22-23-24-26(19)14-4-2-3-12(8-14)21-18(29)11-7-17(28)25(10-11)13-5-6-15(20)16(9-13)27(30)31/h2-6,8-9,11H,7,10H2,1H3,(H,21,29). The second-order valence-corrected chi connectivity index (χ2v) is 7.69. The monoisotopic (exact) mass is 457 g/mol. The lowest BCUT2D eigenvalue weighted by Gasteiger charge is -2.17. The maximum Gasteiger partial charge on any atom is 0.306 e. The number of benzene rings is 2. The number of tetrazole rings is 1. The Morgan fingerprint density at radius 3 is 2.84 bits per heavy atom. The van der Waals surface area contributed by atoms with Crippen molar-refractivity contribution in [2.75, 3.05) is 23.0 Å². The number of hydrogen-bond donors (Lipinski definition) is 1. The number of carbonyl (C=O) groups is 2. The summed E-state index contributed by atoms with van der Waals surface area (Å²) in [7, 11) is 0. The van der Waals surface area contributed by atoms with E-state index in [1.807, 2.05) is 6.26 Å². The number of nitrogens with one attached hydrogen (secondary N) is 1. The van der Waals surface area contributed by atoms with Gasteiger partial charge in [0.15, 0.2) is 0 Å². The van der Waals surface area contributed by atoms with Crippen LogP contribution in [0.1, 0.15) is 6.42 Å². The quantitative estimate of drug-likeness (QED) is 0.339. The van der Waals surface area contributed by atoms with Crippen LogP contribution in [0.4, 0.5) is 21.5 Å². The van der Waals surface area contributed by atoms with E-state index < -0.39 is 22.3 Å². The van der Waals surface area contributed by atoms with Gasteiger partial charge in [0, 0.05) is 24.7 Å². The van der Waals surface area contributed by atoms with Gasteiger partial charge in [0.05, 0.1) is 22.2 Å². The topological polar surface area (TPSA) is 136 Å². The molecule has 11 nitrogen and oxygen atoms in total. The number of anilines is 2. The highest BCUT2D eigenvalue weighted by Crippen LogP contribution is 2.30. The Morgan fingerprint density at radius 1 is 1.28 bits per heavy atom. The van der Waals surface area contributed by atoms with Crippen molar-refractivity contribution in [3.05, 3.63) is 58.4 Å². The number of amides is 2. The summed E-state index contributed by atoms with van der Waals surface area (Å²) in [5.74, 6) is -2.42. The average molecular weight is 457 g/mol. The maximum absolute atomic E-state index is 13.6. The van der Waals surface area contributed by atoms with Gasteiger partial charge in [-0.15, -0.1) is 5.10 Å². The van der Waals surface area contributed by atoms with Gasteiger partial charge in [-0.3, -0.25) is 19.7 Å². The van der Waals surface area contributed by atoms with Crippen LogP contribution in [0.3, 0.4) is 0 Å². The predicted octanol–water partition coefficient (Wildman–Crippen LogP) is 2.42. The second-order valence-electron chi connectivity index (χ2n) is 6.92. The van der Waals surface area contributed by atoms with Gasteiger partial charge in [-0.2, -0.15) is 9.07 Å². The van der Waals surface area contributed by atoms with Crippen LogP contribution in [0.2, 0.25) is 0 Å². The molecule has 2 heterocycles. The number of aromatic nitrogens is 4. The van der Waals surface area contributed by atoms with E-state index in [9.17, 15) is 24.1 Å². The molecular formula is C19H16FN7O4S. The van der Waals surface area contributed by atoms with E-state index in [0.29, 0.717) is 16.5 Å². The lowest BCUT2D eigenvalue weighted by atomic mass is 10.1. The summed E-state index contributed by atoms with van der Waals surface area (Å²) in [5.41, 5.74) is 0.592. The molecule has 1 aliphatic heterocycles. The van der Waals surface area contributed by atoms with Gasteiger partial charge >= 0.3 is 5.69 Å². The van der Waals surface area contributed by atoms with Crippen molar-refractivity contribution >= 4 is 40.6 Å². The van der Waals surface area contributed by atoms with E-state index in [1.54, 1.807) is 24.3 Å². The fourth-order valence-corrected chi connectivity index (χ4v) is 3.80. The smallest absolute Gasteiger partial charge is 0.306 e. The van der Waals surface area contributed by atoms with Crippen LogP contribution < -0.4 is 10.2 Å². The van der Waals surface area contributed by atoms with Crippen LogP contribution in [0.25, 0.3) is 5.69 Å². The molecule has 4 rings (SSSR count). The number of nitro groups is 1. The number of carbonyl (C=O) groups excluding carboxylic acids is 2. The first-order chi connectivity index (χ1) is 15.4. The van der Waals surface area contributed by atoms with Crippen molar-refractivity contribution < 1.29 is 18.9 Å². The molecule has 13 heteroatoms. The van der Waals surface area contributed by atoms with E-state index in [4.69, 9.17) is 0 Å². The molecule has 3 aromatic rings. The molecule has 0 saturated carbocycles. The molecule has 0 radical (unpaired) electrons. The van der Waals surface area contributed by atoms with Crippen molar-refractivity contribution in [2.45, 2.75) is 11.6 Å². The lowest BCUT2D eigenvalue weighted by Crippen LogP contribution is -2.28. The zero-order chi connectivity index (χ0) is 22.8. The fraction of sp³-hybridized carbons (Fsp3) is 0.211. The molecule has 1 N–H and O–H groups in total. The summed E-state index contributed by atoms with van der Waals surface area (Å²) in [6.07, 6.45) is 1.77. The summed E-state index contributed by atoms with van der Waals surface area (Å²) >= 11 is 1.37. The number of rotatable bonds is 6. The van der Waals surface area contributed by atoms with Crippen LogP contribution in [-0.2, 0) is 9.59 Å². The van der Waals surface area contributed by atoms with E-state index in [0.717, 1.165) is 12.1 Å². The van der Waals surface area contributed by atoms with Gasteiger partial charge in [-0.05, 0) is 47.0 Å². The SMILES string of the molecule is CSc1nnnn1-c1cccc(NC(=O)C2CC(=O)N(c3ccc(F)c([N+](=O)[O-])c3)C2)c1. The summed E-state index contributed by atoms with van der Waals surface area (Å²) in [5, 5.41) is 25.8. The third kappa shape index (κ3) is 4.14. The molecule has 1 unspecified atom stereocenters. The lowest BCUT2D eigenvalue weighted by molar-refractivity contribution is -0.387. The Kier molecular flexibility index (Phi) is 5.81. The average Bonchev–Trinajstić information content (AvgIpc) is 3.41. The minimum absolute atomic E-state index is 0.0246. The molecule has 0 aliphatic carbocycles. The molecule has 2 aromatic carbocycles. The van der Waals surface area contributed by atoms with Crippen LogP contribution in [0.5, 0.6) is 0 Å². The van der Waals surface area contributed by atoms with Crippen LogP contribution in [-0.4, -0.2) is 49.7 Å². The van der Waals surface area contributed by atoms with Gasteiger partial charge in [0.2, 0.25) is 22.8 Å². The Balaban J connectivity index is 1.49. The van der Waals surface area contributed by atoms with Crippen LogP contribution in [0, 0.1) is 21.8 Å². The largest absolute Gasteiger partial charge is 0.326 e. The minimum Gasteiger partial charge on any atom is -0.326 e. The maximum atomic E-state index is 13.6. The number of nitro benzene ring substituents is 1. The normalized spacial score (nSPS) is 15.8. The number of hydrogen-bond acceptors (Lipinski definition) is 8. The van der Waals surface area contributed by atoms with Gasteiger partial charge < -0.3 is 10.2 Å². The number of nitrogens with zero attached hydrogens (tertiary/aromatic N) is 6.